The first-order valence-corrected chi connectivity index (χ1v) is 18.5. The van der Waals surface area contributed by atoms with Crippen molar-refractivity contribution in [2.45, 2.75) is 11.4 Å². The summed E-state index contributed by atoms with van der Waals surface area (Å²) in [6.45, 7) is 0.228. The normalized spacial score (nSPS) is 11.4. The standard InChI is InChI=1S/C24BF20.C18H14N2O2S/c26-5-1(6(27)14(35)21(42)13(5)34)25(2-7(28)15(36)22(43)16(37)8(2)29,3-9(30)17(38)23(44)18(39)10(3)31)4-11(32)19(40)24(45)20(41)12(4)33;21-15(14-6-2-1-3-7-14)12-20-11-10-19-18(13-20)22-16-8-4-5-9-17(16)23/h;1-11,13H,12H2/q-1;/p+1. The van der Waals surface area contributed by atoms with Crippen LogP contribution in [0.25, 0.3) is 0 Å². The lowest BCUT2D eigenvalue weighted by Crippen LogP contribution is -2.81. The predicted molar refractivity (Wildman–Crippen MR) is 198 cm³/mol. The minimum absolute atomic E-state index is 0.0299. The molecule has 0 spiro atoms. The van der Waals surface area contributed by atoms with Gasteiger partial charge in [0.2, 0.25) is 18.5 Å². The Hall–Kier alpha value is -7.12. The summed E-state index contributed by atoms with van der Waals surface area (Å²) in [7, 11) is 0. The van der Waals surface area contributed by atoms with Crippen LogP contribution < -0.4 is 31.2 Å². The Kier molecular flexibility index (Phi) is 14.2. The van der Waals surface area contributed by atoms with Crippen LogP contribution in [0.1, 0.15) is 10.4 Å². The molecule has 7 rings (SSSR count). The molecule has 354 valence electrons. The summed E-state index contributed by atoms with van der Waals surface area (Å²) in [4.78, 5) is 17.1. The summed E-state index contributed by atoms with van der Waals surface area (Å²) in [6.07, 6.45) is -2.18. The molecule has 26 heteroatoms. The molecule has 0 aliphatic heterocycles. The summed E-state index contributed by atoms with van der Waals surface area (Å²) in [6, 6.07) is 16.6. The van der Waals surface area contributed by atoms with E-state index in [4.69, 9.17) is 4.74 Å². The Labute approximate surface area is 371 Å². The van der Waals surface area contributed by atoms with Crippen molar-refractivity contribution in [3.8, 4) is 11.6 Å². The fourth-order valence-electron chi connectivity index (χ4n) is 6.97. The molecule has 0 aliphatic carbocycles. The average Bonchev–Trinajstić information content (AvgIpc) is 3.32. The molecule has 0 saturated carbocycles. The molecule has 0 radical (unpaired) electrons. The topological polar surface area (TPSA) is 43.1 Å². The molecule has 0 atom stereocenters. The number of carbonyl (C=O) groups excluding carboxylic acids is 1. The van der Waals surface area contributed by atoms with Crippen molar-refractivity contribution in [1.82, 2.24) is 4.98 Å². The Balaban J connectivity index is 0.000000276. The van der Waals surface area contributed by atoms with E-state index < -0.39 is 144 Å². The minimum Gasteiger partial charge on any atom is -0.433 e. The van der Waals surface area contributed by atoms with Crippen LogP contribution in [-0.2, 0) is 6.54 Å². The van der Waals surface area contributed by atoms with Gasteiger partial charge >= 0.3 is 0 Å². The van der Waals surface area contributed by atoms with E-state index in [0.29, 0.717) is 17.2 Å². The Morgan fingerprint density at radius 1 is 0.456 bits per heavy atom. The van der Waals surface area contributed by atoms with Crippen LogP contribution in [0, 0.1) is 116 Å². The summed E-state index contributed by atoms with van der Waals surface area (Å²) in [5, 5.41) is 0. The van der Waals surface area contributed by atoms with Gasteiger partial charge in [-0.2, -0.15) is 4.57 Å². The molecule has 0 unspecified atom stereocenters. The van der Waals surface area contributed by atoms with E-state index in [-0.39, 0.29) is 12.3 Å². The maximum absolute atomic E-state index is 15.4. The zero-order valence-electron chi connectivity index (χ0n) is 32.4. The first-order valence-electron chi connectivity index (χ1n) is 18.0. The summed E-state index contributed by atoms with van der Waals surface area (Å²) in [5.74, 6) is -70.3. The van der Waals surface area contributed by atoms with Crippen LogP contribution in [-0.4, -0.2) is 16.9 Å². The van der Waals surface area contributed by atoms with Crippen molar-refractivity contribution in [3.63, 3.8) is 0 Å². The van der Waals surface area contributed by atoms with Crippen LogP contribution >= 0.6 is 12.6 Å². The van der Waals surface area contributed by atoms with Gasteiger partial charge in [0.25, 0.3) is 5.88 Å². The largest absolute Gasteiger partial charge is 0.433 e. The van der Waals surface area contributed by atoms with Crippen molar-refractivity contribution >= 4 is 46.4 Å². The zero-order chi connectivity index (χ0) is 50.4. The van der Waals surface area contributed by atoms with Crippen LogP contribution in [0.2, 0.25) is 0 Å². The van der Waals surface area contributed by atoms with Crippen LogP contribution in [0.15, 0.2) is 78.1 Å². The smallest absolute Gasteiger partial charge is 0.285 e. The lowest BCUT2D eigenvalue weighted by Gasteiger charge is -2.44. The van der Waals surface area contributed by atoms with Gasteiger partial charge in [-0.3, -0.25) is 4.79 Å². The second-order valence-electron chi connectivity index (χ2n) is 13.7. The van der Waals surface area contributed by atoms with Crippen LogP contribution in [0.4, 0.5) is 87.8 Å². The summed E-state index contributed by atoms with van der Waals surface area (Å²) in [5.41, 5.74) is -13.6. The number of ether oxygens (including phenoxy) is 1. The quantitative estimate of drug-likeness (QED) is 0.0299. The Morgan fingerprint density at radius 3 is 1.10 bits per heavy atom. The van der Waals surface area contributed by atoms with E-state index in [2.05, 4.69) is 17.6 Å². The second-order valence-corrected chi connectivity index (χ2v) is 14.2. The SMILES string of the molecule is Fc1c(F)c(F)c([B-](c2c(F)c(F)c(F)c(F)c2F)(c2c(F)c(F)c(F)c(F)c2F)c2c(F)c(F)c(F)c(F)c2F)c(F)c1F.O=C(C[n+]1ccnc(Oc2ccccc2S)c1)c1ccccc1. The molecule has 4 nitrogen and oxygen atoms in total. The second kappa shape index (κ2) is 19.2. The number of halogens is 20. The molecule has 6 aromatic carbocycles. The average molecular weight is 1000 g/mol. The highest BCUT2D eigenvalue weighted by Crippen LogP contribution is 2.31. The van der Waals surface area contributed by atoms with Gasteiger partial charge in [0.05, 0.1) is 6.20 Å². The van der Waals surface area contributed by atoms with Crippen LogP contribution in [0.3, 0.4) is 0 Å². The number of carbonyl (C=O) groups is 1. The van der Waals surface area contributed by atoms with Crippen molar-refractivity contribution in [1.29, 1.82) is 0 Å². The number of para-hydroxylation sites is 1. The van der Waals surface area contributed by atoms with Crippen molar-refractivity contribution in [2.75, 3.05) is 0 Å². The van der Waals surface area contributed by atoms with E-state index in [0.717, 1.165) is 4.90 Å². The molecule has 1 heterocycles. The van der Waals surface area contributed by atoms with Crippen LogP contribution in [0.5, 0.6) is 11.6 Å². The molecule has 0 aliphatic rings. The van der Waals surface area contributed by atoms with Gasteiger partial charge in [-0.15, -0.1) is 34.5 Å². The number of rotatable bonds is 9. The predicted octanol–water partition coefficient (Wildman–Crippen LogP) is 9.18. The van der Waals surface area contributed by atoms with Gasteiger partial charge < -0.3 is 4.74 Å². The molecular formula is C42H15BF20N2O2S. The molecule has 0 bridgehead atoms. The monoisotopic (exact) mass is 1000 g/mol. The maximum Gasteiger partial charge on any atom is 0.285 e. The molecule has 1 aromatic heterocycles. The summed E-state index contributed by atoms with van der Waals surface area (Å²) < 4.78 is 301. The summed E-state index contributed by atoms with van der Waals surface area (Å²) >= 11 is 4.34. The number of hydrogen-bond donors (Lipinski definition) is 1. The van der Waals surface area contributed by atoms with Gasteiger partial charge in [0, 0.05) is 10.5 Å². The number of hydrogen-bond acceptors (Lipinski definition) is 4. The van der Waals surface area contributed by atoms with Crippen molar-refractivity contribution in [3.05, 3.63) is 195 Å². The van der Waals surface area contributed by atoms with Crippen molar-refractivity contribution in [2.24, 2.45) is 0 Å². The Morgan fingerprint density at radius 2 is 0.765 bits per heavy atom. The van der Waals surface area contributed by atoms with E-state index in [1.807, 2.05) is 42.5 Å². The van der Waals surface area contributed by atoms with Gasteiger partial charge in [-0.05, 0) is 12.1 Å². The number of aromatic nitrogens is 2. The maximum atomic E-state index is 15.4. The third-order valence-corrected chi connectivity index (χ3v) is 10.3. The number of benzene rings is 6. The minimum atomic E-state index is -7.22. The molecule has 68 heavy (non-hydrogen) atoms. The third-order valence-electron chi connectivity index (χ3n) is 9.94. The Bertz CT molecular complexity index is 2800. The fraction of sp³-hybridized carbons (Fsp3) is 0.0238. The van der Waals surface area contributed by atoms with E-state index in [1.54, 1.807) is 35.3 Å². The molecule has 0 fully saturated rings. The first-order chi connectivity index (χ1) is 31.9. The highest BCUT2D eigenvalue weighted by Gasteiger charge is 2.52. The van der Waals surface area contributed by atoms with E-state index in [9.17, 15) is 57.5 Å². The highest BCUT2D eigenvalue weighted by atomic mass is 32.1. The number of Topliss-reactive ketones (excluding diaryl/α,β-unsaturated/α-hetero) is 1. The molecule has 0 N–H and O–H groups in total. The number of thiol groups is 1. The van der Waals surface area contributed by atoms with Gasteiger partial charge in [0.15, 0.2) is 76.0 Å². The van der Waals surface area contributed by atoms with E-state index in [1.165, 1.54) is 0 Å². The molecular weight excluding hydrogens is 987 g/mol. The zero-order valence-corrected chi connectivity index (χ0v) is 33.3. The lowest BCUT2D eigenvalue weighted by atomic mass is 9.12. The fourth-order valence-corrected chi connectivity index (χ4v) is 7.18. The third kappa shape index (κ3) is 8.33. The van der Waals surface area contributed by atoms with Gasteiger partial charge in [0.1, 0.15) is 58.4 Å². The van der Waals surface area contributed by atoms with E-state index >= 15 is 35.1 Å². The molecule has 0 saturated heterocycles. The lowest BCUT2D eigenvalue weighted by molar-refractivity contribution is -0.683. The first kappa shape index (κ1) is 50.3. The number of ketones is 1. The van der Waals surface area contributed by atoms with Gasteiger partial charge in [-0.1, -0.05) is 42.5 Å². The van der Waals surface area contributed by atoms with Gasteiger partial charge in [-0.25, -0.2) is 92.8 Å². The molecule has 0 amide bonds. The molecule has 7 aromatic rings. The highest BCUT2D eigenvalue weighted by molar-refractivity contribution is 7.80. The van der Waals surface area contributed by atoms with Crippen molar-refractivity contribution < 1.29 is 102 Å². The number of nitrogens with zero attached hydrogens (tertiary/aromatic N) is 2.